The molecule has 15 aromatic rings. The lowest BCUT2D eigenvalue weighted by Gasteiger charge is -2.23. The van der Waals surface area contributed by atoms with Crippen molar-refractivity contribution >= 4 is 64.6 Å². The van der Waals surface area contributed by atoms with Gasteiger partial charge in [-0.05, 0) is 189 Å². The van der Waals surface area contributed by atoms with Crippen LogP contribution < -0.4 is 0 Å². The van der Waals surface area contributed by atoms with Gasteiger partial charge in [-0.25, -0.2) is 0 Å². The Morgan fingerprint density at radius 2 is 0.440 bits per heavy atom. The maximum atomic E-state index is 2.46. The van der Waals surface area contributed by atoms with E-state index in [2.05, 4.69) is 319 Å². The SMILES string of the molecule is CC1(C)c2ccccc2-c2ccc(-c3c4ccccc4c(-c4ccc5ccccc5c4)c4ccccc34)cc21.CC1(C)c2ccccc2-c2ccc(-c3ccc(-c4c5ccccc5c(-c5ccc6ccccc6c5)c5ccccc45)cc3)cc21. The van der Waals surface area contributed by atoms with Crippen LogP contribution in [0.5, 0.6) is 0 Å². The molecule has 0 heteroatoms. The van der Waals surface area contributed by atoms with Crippen molar-refractivity contribution in [1.29, 1.82) is 0 Å². The molecule has 0 amide bonds. The molecule has 15 aromatic carbocycles. The minimum Gasteiger partial charge on any atom is -0.0619 e. The second kappa shape index (κ2) is 19.2. The summed E-state index contributed by atoms with van der Waals surface area (Å²) in [5.41, 5.74) is 23.8. The predicted molar refractivity (Wildman–Crippen MR) is 360 cm³/mol. The van der Waals surface area contributed by atoms with Crippen LogP contribution in [0.3, 0.4) is 0 Å². The minimum atomic E-state index is -0.0292. The average molecular weight is 1070 g/mol. The second-order valence-corrected chi connectivity index (χ2v) is 24.2. The highest BCUT2D eigenvalue weighted by molar-refractivity contribution is 6.23. The van der Waals surface area contributed by atoms with Crippen LogP contribution in [0.1, 0.15) is 49.9 Å². The van der Waals surface area contributed by atoms with Crippen molar-refractivity contribution in [1.82, 2.24) is 0 Å². The lowest BCUT2D eigenvalue weighted by atomic mass is 9.80. The van der Waals surface area contributed by atoms with Crippen molar-refractivity contribution in [2.24, 2.45) is 0 Å². The van der Waals surface area contributed by atoms with E-state index >= 15 is 0 Å². The van der Waals surface area contributed by atoms with E-state index < -0.39 is 0 Å². The Kier molecular flexibility index (Phi) is 11.4. The van der Waals surface area contributed by atoms with Crippen molar-refractivity contribution in [2.45, 2.75) is 38.5 Å². The molecule has 0 aromatic heterocycles. The molecular formula is C84H60. The molecule has 0 nitrogen and oxygen atoms in total. The third-order valence-electron chi connectivity index (χ3n) is 18.9. The maximum Gasteiger partial charge on any atom is 0.0159 e. The van der Waals surface area contributed by atoms with E-state index in [1.54, 1.807) is 0 Å². The summed E-state index contributed by atoms with van der Waals surface area (Å²) in [5, 5.41) is 15.4. The van der Waals surface area contributed by atoms with E-state index in [0.717, 1.165) is 0 Å². The first-order chi connectivity index (χ1) is 41.2. The minimum absolute atomic E-state index is 0.00745. The van der Waals surface area contributed by atoms with Gasteiger partial charge < -0.3 is 0 Å². The van der Waals surface area contributed by atoms with Gasteiger partial charge in [0.25, 0.3) is 0 Å². The molecule has 2 aliphatic rings. The topological polar surface area (TPSA) is 0 Å². The highest BCUT2D eigenvalue weighted by Crippen LogP contribution is 2.53. The zero-order valence-corrected chi connectivity index (χ0v) is 47.7. The summed E-state index contributed by atoms with van der Waals surface area (Å²) in [4.78, 5) is 0. The molecule has 0 fully saturated rings. The summed E-state index contributed by atoms with van der Waals surface area (Å²) in [6, 6.07) is 108. The van der Waals surface area contributed by atoms with E-state index in [9.17, 15) is 0 Å². The number of fused-ring (bicyclic) bond motifs is 12. The molecule has 0 saturated carbocycles. The van der Waals surface area contributed by atoms with Crippen molar-refractivity contribution in [3.05, 3.63) is 313 Å². The average Bonchev–Trinajstić information content (AvgIpc) is 2.11. The van der Waals surface area contributed by atoms with E-state index in [4.69, 9.17) is 0 Å². The monoisotopic (exact) mass is 1070 g/mol. The maximum absolute atomic E-state index is 2.46. The Balaban J connectivity index is 0.000000139. The number of hydrogen-bond acceptors (Lipinski definition) is 0. The Labute approximate surface area is 491 Å². The molecule has 0 bridgehead atoms. The zero-order valence-electron chi connectivity index (χ0n) is 47.7. The quantitative estimate of drug-likeness (QED) is 0.151. The Hall–Kier alpha value is -10.1. The summed E-state index contributed by atoms with van der Waals surface area (Å²) in [6.07, 6.45) is 0. The van der Waals surface area contributed by atoms with Crippen LogP contribution in [0.2, 0.25) is 0 Å². The number of hydrogen-bond donors (Lipinski definition) is 0. The molecule has 0 N–H and O–H groups in total. The van der Waals surface area contributed by atoms with E-state index in [1.165, 1.54) is 165 Å². The summed E-state index contributed by atoms with van der Waals surface area (Å²) in [5.74, 6) is 0. The summed E-state index contributed by atoms with van der Waals surface area (Å²) in [7, 11) is 0. The fourth-order valence-corrected chi connectivity index (χ4v) is 14.8. The molecule has 0 aliphatic heterocycles. The molecule has 396 valence electrons. The predicted octanol–water partition coefficient (Wildman–Crippen LogP) is 23.2. The van der Waals surface area contributed by atoms with Gasteiger partial charge in [0, 0.05) is 10.8 Å². The van der Waals surface area contributed by atoms with Crippen LogP contribution in [0.15, 0.2) is 291 Å². The molecule has 0 atom stereocenters. The van der Waals surface area contributed by atoms with Crippen LogP contribution in [0.25, 0.3) is 143 Å². The fraction of sp³-hybridized carbons (Fsp3) is 0.0714. The molecule has 17 rings (SSSR count). The van der Waals surface area contributed by atoms with E-state index in [1.807, 2.05) is 0 Å². The van der Waals surface area contributed by atoms with E-state index in [0.29, 0.717) is 0 Å². The Bertz CT molecular complexity index is 5070. The van der Waals surface area contributed by atoms with Crippen molar-refractivity contribution < 1.29 is 0 Å². The standard InChI is InChI=1S/C45H32.C39H28/c1-45(2)41-18-10-9-13-35(41)36-26-25-33(28-42(36)45)30-19-22-31(23-20-30)43-37-14-5-7-16-39(37)44(40-17-8-6-15-38(40)43)34-24-21-29-11-3-4-12-32(29)27-34;1-39(2)35-18-10-9-13-29(35)30-22-21-28(24-36(30)39)38-33-16-7-5-14-31(33)37(32-15-6-8-17-34(32)38)27-20-19-25-11-3-4-12-26(25)23-27/h3-28H,1-2H3;3-24H,1-2H3. The third kappa shape index (κ3) is 7.74. The van der Waals surface area contributed by atoms with Gasteiger partial charge in [-0.15, -0.1) is 0 Å². The van der Waals surface area contributed by atoms with Gasteiger partial charge in [0.05, 0.1) is 0 Å². The molecule has 0 radical (unpaired) electrons. The zero-order chi connectivity index (χ0) is 56.3. The van der Waals surface area contributed by atoms with Crippen LogP contribution in [0.4, 0.5) is 0 Å². The number of benzene rings is 15. The molecule has 0 saturated heterocycles. The summed E-state index contributed by atoms with van der Waals surface area (Å²) >= 11 is 0. The Morgan fingerprint density at radius 3 is 0.845 bits per heavy atom. The summed E-state index contributed by atoms with van der Waals surface area (Å²) < 4.78 is 0. The lowest BCUT2D eigenvalue weighted by Crippen LogP contribution is -2.14. The van der Waals surface area contributed by atoms with Crippen molar-refractivity contribution in [3.8, 4) is 77.9 Å². The smallest absolute Gasteiger partial charge is 0.0159 e. The van der Waals surface area contributed by atoms with Crippen LogP contribution in [0, 0.1) is 0 Å². The fourth-order valence-electron chi connectivity index (χ4n) is 14.8. The van der Waals surface area contributed by atoms with Gasteiger partial charge in [0.1, 0.15) is 0 Å². The van der Waals surface area contributed by atoms with Gasteiger partial charge in [-0.1, -0.05) is 295 Å². The van der Waals surface area contributed by atoms with Crippen LogP contribution >= 0.6 is 0 Å². The van der Waals surface area contributed by atoms with Gasteiger partial charge >= 0.3 is 0 Å². The van der Waals surface area contributed by atoms with E-state index in [-0.39, 0.29) is 10.8 Å². The summed E-state index contributed by atoms with van der Waals surface area (Å²) in [6.45, 7) is 9.42. The first-order valence-electron chi connectivity index (χ1n) is 29.6. The Morgan fingerprint density at radius 1 is 0.179 bits per heavy atom. The van der Waals surface area contributed by atoms with Gasteiger partial charge in [-0.2, -0.15) is 0 Å². The van der Waals surface area contributed by atoms with Crippen LogP contribution in [-0.2, 0) is 10.8 Å². The third-order valence-corrected chi connectivity index (χ3v) is 18.9. The second-order valence-electron chi connectivity index (χ2n) is 24.2. The molecule has 84 heavy (non-hydrogen) atoms. The van der Waals surface area contributed by atoms with Gasteiger partial charge in [-0.3, -0.25) is 0 Å². The first-order valence-corrected chi connectivity index (χ1v) is 29.6. The first kappa shape index (κ1) is 49.7. The lowest BCUT2D eigenvalue weighted by molar-refractivity contribution is 0.660. The highest BCUT2D eigenvalue weighted by Gasteiger charge is 2.37. The molecule has 2 aliphatic carbocycles. The van der Waals surface area contributed by atoms with Crippen molar-refractivity contribution in [2.75, 3.05) is 0 Å². The number of rotatable bonds is 5. The van der Waals surface area contributed by atoms with Crippen LogP contribution in [-0.4, -0.2) is 0 Å². The molecule has 0 unspecified atom stereocenters. The molecule has 0 heterocycles. The molecular weight excluding hydrogens is 1010 g/mol. The largest absolute Gasteiger partial charge is 0.0619 e. The highest BCUT2D eigenvalue weighted by atomic mass is 14.4. The normalized spacial score (nSPS) is 13.4. The molecule has 0 spiro atoms. The van der Waals surface area contributed by atoms with Crippen molar-refractivity contribution in [3.63, 3.8) is 0 Å². The van der Waals surface area contributed by atoms with Gasteiger partial charge in [0.2, 0.25) is 0 Å². The van der Waals surface area contributed by atoms with Gasteiger partial charge in [0.15, 0.2) is 0 Å².